The molecule has 3 N–H and O–H groups in total. The van der Waals surface area contributed by atoms with Crippen LogP contribution in [0.2, 0.25) is 0 Å². The second kappa shape index (κ2) is 8.91. The number of pyridine rings is 1. The van der Waals surface area contributed by atoms with E-state index in [1.165, 1.54) is 5.56 Å². The number of carbonyl (C=O) groups is 2. The molecule has 0 atom stereocenters. The fourth-order valence-electron chi connectivity index (χ4n) is 3.57. The third kappa shape index (κ3) is 4.93. The molecule has 0 radical (unpaired) electrons. The van der Waals surface area contributed by atoms with Crippen LogP contribution in [0.1, 0.15) is 18.4 Å². The summed E-state index contributed by atoms with van der Waals surface area (Å²) in [6.45, 7) is 3.88. The zero-order chi connectivity index (χ0) is 20.9. The largest absolute Gasteiger partial charge is 0.340 e. The summed E-state index contributed by atoms with van der Waals surface area (Å²) in [6, 6.07) is 13.6. The normalized spacial score (nSPS) is 14.7. The number of fused-ring (bicyclic) bond motifs is 1. The first-order valence-corrected chi connectivity index (χ1v) is 10.00. The minimum Gasteiger partial charge on any atom is -0.340 e. The van der Waals surface area contributed by atoms with Gasteiger partial charge in [0.15, 0.2) is 5.65 Å². The van der Waals surface area contributed by atoms with Gasteiger partial charge in [0.2, 0.25) is 11.8 Å². The first-order valence-electron chi connectivity index (χ1n) is 10.00. The summed E-state index contributed by atoms with van der Waals surface area (Å²) in [4.78, 5) is 49.4. The van der Waals surface area contributed by atoms with Gasteiger partial charge in [-0.15, -0.1) is 0 Å². The summed E-state index contributed by atoms with van der Waals surface area (Å²) in [7, 11) is 0. The summed E-state index contributed by atoms with van der Waals surface area (Å²) >= 11 is 0. The average Bonchev–Trinajstić information content (AvgIpc) is 3.12. The molecule has 30 heavy (non-hydrogen) atoms. The van der Waals surface area contributed by atoms with E-state index in [1.807, 2.05) is 23.1 Å². The van der Waals surface area contributed by atoms with Crippen LogP contribution in [-0.4, -0.2) is 62.7 Å². The van der Waals surface area contributed by atoms with Crippen molar-refractivity contribution in [1.29, 1.82) is 0 Å². The number of hydrogen-bond acceptors (Lipinski definition) is 5. The highest BCUT2D eigenvalue weighted by molar-refractivity contribution is 5.93. The van der Waals surface area contributed by atoms with Gasteiger partial charge in [0, 0.05) is 45.6 Å². The van der Waals surface area contributed by atoms with Crippen LogP contribution in [0.3, 0.4) is 0 Å². The van der Waals surface area contributed by atoms with Gasteiger partial charge in [0.25, 0.3) is 0 Å². The molecule has 1 aromatic carbocycles. The molecule has 1 fully saturated rings. The molecule has 9 heteroatoms. The molecule has 2 amide bonds. The van der Waals surface area contributed by atoms with Crippen molar-refractivity contribution in [2.75, 3.05) is 31.5 Å². The van der Waals surface area contributed by atoms with Crippen molar-refractivity contribution in [3.8, 4) is 0 Å². The van der Waals surface area contributed by atoms with Crippen molar-refractivity contribution < 1.29 is 9.59 Å². The van der Waals surface area contributed by atoms with E-state index < -0.39 is 0 Å². The van der Waals surface area contributed by atoms with Crippen molar-refractivity contribution in [2.45, 2.75) is 19.4 Å². The Kier molecular flexibility index (Phi) is 5.89. The van der Waals surface area contributed by atoms with Crippen molar-refractivity contribution in [2.24, 2.45) is 0 Å². The number of hydrogen-bond donors (Lipinski definition) is 3. The SMILES string of the molecule is O=C(CCC(=O)N1CCN(Cc2ccccc2)CC1)Nc1ccc2[nH]c(=O)[nH]c2n1. The van der Waals surface area contributed by atoms with Gasteiger partial charge in [-0.3, -0.25) is 19.5 Å². The summed E-state index contributed by atoms with van der Waals surface area (Å²) < 4.78 is 0. The van der Waals surface area contributed by atoms with Crippen LogP contribution >= 0.6 is 0 Å². The Morgan fingerprint density at radius 1 is 0.967 bits per heavy atom. The predicted octanol–water partition coefficient (Wildman–Crippen LogP) is 1.31. The van der Waals surface area contributed by atoms with E-state index in [0.29, 0.717) is 30.1 Å². The first-order chi connectivity index (χ1) is 14.6. The van der Waals surface area contributed by atoms with Gasteiger partial charge in [-0.25, -0.2) is 9.78 Å². The minimum absolute atomic E-state index is 0.0112. The van der Waals surface area contributed by atoms with E-state index in [-0.39, 0.29) is 30.3 Å². The molecule has 1 aliphatic rings. The number of benzene rings is 1. The van der Waals surface area contributed by atoms with Gasteiger partial charge < -0.3 is 15.2 Å². The van der Waals surface area contributed by atoms with Gasteiger partial charge in [-0.1, -0.05) is 30.3 Å². The van der Waals surface area contributed by atoms with Gasteiger partial charge in [0.05, 0.1) is 5.52 Å². The lowest BCUT2D eigenvalue weighted by Gasteiger charge is -2.34. The van der Waals surface area contributed by atoms with Crippen LogP contribution in [0.25, 0.3) is 11.2 Å². The summed E-state index contributed by atoms with van der Waals surface area (Å²) in [6.07, 6.45) is 0.250. The average molecular weight is 408 g/mol. The molecule has 0 aliphatic carbocycles. The molecule has 4 rings (SSSR count). The van der Waals surface area contributed by atoms with E-state index >= 15 is 0 Å². The first kappa shape index (κ1) is 19.8. The van der Waals surface area contributed by atoms with E-state index in [1.54, 1.807) is 12.1 Å². The molecule has 1 aliphatic heterocycles. The highest BCUT2D eigenvalue weighted by Crippen LogP contribution is 2.12. The monoisotopic (exact) mass is 408 g/mol. The predicted molar refractivity (Wildman–Crippen MR) is 113 cm³/mol. The number of aromatic amines is 2. The highest BCUT2D eigenvalue weighted by atomic mass is 16.2. The summed E-state index contributed by atoms with van der Waals surface area (Å²) in [5.41, 5.74) is 1.86. The standard InChI is InChI=1S/C21H24N6O3/c28-18(23-17-7-6-16-20(24-17)25-21(30)22-16)8-9-19(29)27-12-10-26(11-13-27)14-15-4-2-1-3-5-15/h1-7H,8-14H2,(H3,22,23,24,25,28,30). The van der Waals surface area contributed by atoms with Crippen molar-refractivity contribution >= 4 is 28.8 Å². The zero-order valence-corrected chi connectivity index (χ0v) is 16.6. The molecular formula is C21H24N6O3. The van der Waals surface area contributed by atoms with Crippen molar-refractivity contribution in [3.63, 3.8) is 0 Å². The number of piperazine rings is 1. The summed E-state index contributed by atoms with van der Waals surface area (Å²) in [5, 5.41) is 2.67. The molecule has 9 nitrogen and oxygen atoms in total. The molecule has 1 saturated heterocycles. The lowest BCUT2D eigenvalue weighted by molar-refractivity contribution is -0.134. The number of nitrogens with zero attached hydrogens (tertiary/aromatic N) is 3. The maximum Gasteiger partial charge on any atom is 0.325 e. The van der Waals surface area contributed by atoms with E-state index in [9.17, 15) is 14.4 Å². The molecule has 2 aromatic heterocycles. The number of imidazole rings is 1. The Bertz CT molecular complexity index is 1080. The third-order valence-corrected chi connectivity index (χ3v) is 5.18. The van der Waals surface area contributed by atoms with E-state index in [2.05, 4.69) is 37.3 Å². The topological polar surface area (TPSA) is 114 Å². The van der Waals surface area contributed by atoms with Gasteiger partial charge >= 0.3 is 5.69 Å². The Morgan fingerprint density at radius 3 is 2.50 bits per heavy atom. The maximum atomic E-state index is 12.5. The molecular weight excluding hydrogens is 384 g/mol. The Hall–Kier alpha value is -3.46. The Labute approximate surface area is 173 Å². The van der Waals surface area contributed by atoms with Gasteiger partial charge in [0.1, 0.15) is 5.82 Å². The minimum atomic E-state index is -0.351. The second-order valence-corrected chi connectivity index (χ2v) is 7.36. The molecule has 0 bridgehead atoms. The van der Waals surface area contributed by atoms with Crippen LogP contribution in [-0.2, 0) is 16.1 Å². The second-order valence-electron chi connectivity index (χ2n) is 7.36. The van der Waals surface area contributed by atoms with Crippen LogP contribution in [0.4, 0.5) is 5.82 Å². The maximum absolute atomic E-state index is 12.5. The van der Waals surface area contributed by atoms with E-state index in [4.69, 9.17) is 0 Å². The van der Waals surface area contributed by atoms with Crippen LogP contribution in [0.5, 0.6) is 0 Å². The number of rotatable bonds is 6. The number of carbonyl (C=O) groups excluding carboxylic acids is 2. The molecule has 3 aromatic rings. The van der Waals surface area contributed by atoms with Gasteiger partial charge in [-0.05, 0) is 17.7 Å². The molecule has 0 saturated carbocycles. The van der Waals surface area contributed by atoms with Crippen molar-refractivity contribution in [1.82, 2.24) is 24.8 Å². The molecule has 0 spiro atoms. The number of nitrogens with one attached hydrogen (secondary N) is 3. The fourth-order valence-corrected chi connectivity index (χ4v) is 3.57. The lowest BCUT2D eigenvalue weighted by atomic mass is 10.2. The van der Waals surface area contributed by atoms with Crippen LogP contribution in [0, 0.1) is 0 Å². The zero-order valence-electron chi connectivity index (χ0n) is 16.6. The van der Waals surface area contributed by atoms with Crippen LogP contribution < -0.4 is 11.0 Å². The Morgan fingerprint density at radius 2 is 1.73 bits per heavy atom. The number of aromatic nitrogens is 3. The van der Waals surface area contributed by atoms with E-state index in [0.717, 1.165) is 19.6 Å². The highest BCUT2D eigenvalue weighted by Gasteiger charge is 2.21. The number of anilines is 1. The number of amides is 2. The number of H-pyrrole nitrogens is 2. The Balaban J connectivity index is 1.21. The van der Waals surface area contributed by atoms with Crippen molar-refractivity contribution in [3.05, 3.63) is 58.5 Å². The van der Waals surface area contributed by atoms with Gasteiger partial charge in [-0.2, -0.15) is 0 Å². The quantitative estimate of drug-likeness (QED) is 0.569. The fraction of sp³-hybridized carbons (Fsp3) is 0.333. The molecule has 0 unspecified atom stereocenters. The third-order valence-electron chi connectivity index (χ3n) is 5.18. The summed E-state index contributed by atoms with van der Waals surface area (Å²) in [5.74, 6) is 0.0448. The lowest BCUT2D eigenvalue weighted by Crippen LogP contribution is -2.48. The molecule has 156 valence electrons. The van der Waals surface area contributed by atoms with Crippen LogP contribution in [0.15, 0.2) is 47.3 Å². The smallest absolute Gasteiger partial charge is 0.325 e. The molecule has 3 heterocycles.